The van der Waals surface area contributed by atoms with Gasteiger partial charge in [-0.2, -0.15) is 0 Å². The zero-order valence-corrected chi connectivity index (χ0v) is 9.54. The van der Waals surface area contributed by atoms with Crippen molar-refractivity contribution < 1.29 is 4.79 Å². The van der Waals surface area contributed by atoms with Crippen LogP contribution in [0.2, 0.25) is 10.0 Å². The van der Waals surface area contributed by atoms with E-state index in [9.17, 15) is 4.79 Å². The lowest BCUT2D eigenvalue weighted by Crippen LogP contribution is -2.19. The van der Waals surface area contributed by atoms with Crippen molar-refractivity contribution in [1.82, 2.24) is 0 Å². The maximum absolute atomic E-state index is 11.9. The van der Waals surface area contributed by atoms with Gasteiger partial charge in [0.05, 0.1) is 10.0 Å². The van der Waals surface area contributed by atoms with Crippen molar-refractivity contribution in [1.29, 1.82) is 0 Å². The minimum atomic E-state index is -0.337. The van der Waals surface area contributed by atoms with E-state index in [2.05, 4.69) is 0 Å². The predicted molar refractivity (Wildman–Crippen MR) is 58.3 cm³/mol. The highest BCUT2D eigenvalue weighted by molar-refractivity contribution is 6.44. The Morgan fingerprint density at radius 3 is 2.57 bits per heavy atom. The summed E-state index contributed by atoms with van der Waals surface area (Å²) in [6, 6.07) is 3.63. The Kier molecular flexibility index (Phi) is 2.13. The monoisotopic (exact) mass is 228 g/mol. The molecule has 0 saturated heterocycles. The van der Waals surface area contributed by atoms with Gasteiger partial charge in [-0.15, -0.1) is 0 Å². The molecule has 1 aromatic carbocycles. The van der Waals surface area contributed by atoms with Crippen LogP contribution in [0.3, 0.4) is 0 Å². The van der Waals surface area contributed by atoms with Crippen molar-refractivity contribution in [2.45, 2.75) is 20.3 Å². The van der Waals surface area contributed by atoms with Gasteiger partial charge in [0.2, 0.25) is 0 Å². The van der Waals surface area contributed by atoms with Gasteiger partial charge in [-0.3, -0.25) is 4.79 Å². The van der Waals surface area contributed by atoms with E-state index in [1.54, 1.807) is 6.07 Å². The molecule has 0 heterocycles. The number of carbonyl (C=O) groups is 1. The number of benzene rings is 1. The van der Waals surface area contributed by atoms with Gasteiger partial charge in [0, 0.05) is 11.0 Å². The lowest BCUT2D eigenvalue weighted by atomic mass is 9.89. The molecule has 1 aliphatic carbocycles. The minimum Gasteiger partial charge on any atom is -0.294 e. The molecule has 0 fully saturated rings. The van der Waals surface area contributed by atoms with Crippen molar-refractivity contribution in [2.75, 3.05) is 0 Å². The fraction of sp³-hybridized carbons (Fsp3) is 0.364. The lowest BCUT2D eigenvalue weighted by molar-refractivity contribution is 0.0863. The normalized spacial score (nSPS) is 18.4. The molecular formula is C11H10Cl2O. The number of rotatable bonds is 0. The molecule has 1 aromatic rings. The SMILES string of the molecule is CC1(C)Cc2ccc(Cl)c(Cl)c2C1=O. The number of carbonyl (C=O) groups excluding carboxylic acids is 1. The van der Waals surface area contributed by atoms with Gasteiger partial charge in [-0.25, -0.2) is 0 Å². The molecule has 3 heteroatoms. The molecule has 0 N–H and O–H groups in total. The second-order valence-corrected chi connectivity index (χ2v) is 5.07. The molecule has 74 valence electrons. The van der Waals surface area contributed by atoms with Crippen LogP contribution in [0.5, 0.6) is 0 Å². The Morgan fingerprint density at radius 1 is 1.29 bits per heavy atom. The average Bonchev–Trinajstić information content (AvgIpc) is 2.32. The van der Waals surface area contributed by atoms with Crippen LogP contribution in [0, 0.1) is 5.41 Å². The fourth-order valence-electron chi connectivity index (χ4n) is 1.88. The van der Waals surface area contributed by atoms with Crippen LogP contribution in [0.4, 0.5) is 0 Å². The number of Topliss-reactive ketones (excluding diaryl/α,β-unsaturated/α-hetero) is 1. The molecule has 1 aliphatic rings. The molecule has 0 aromatic heterocycles. The highest BCUT2D eigenvalue weighted by Gasteiger charge is 2.39. The molecule has 2 rings (SSSR count). The number of hydrogen-bond acceptors (Lipinski definition) is 1. The first kappa shape index (κ1) is 10.0. The third kappa shape index (κ3) is 1.27. The molecule has 0 radical (unpaired) electrons. The summed E-state index contributed by atoms with van der Waals surface area (Å²) in [5.74, 6) is 0.0972. The maximum atomic E-state index is 11.9. The van der Waals surface area contributed by atoms with Crippen LogP contribution in [0.1, 0.15) is 29.8 Å². The summed E-state index contributed by atoms with van der Waals surface area (Å²) < 4.78 is 0. The smallest absolute Gasteiger partial charge is 0.170 e. The molecule has 14 heavy (non-hydrogen) atoms. The Bertz CT molecular complexity index is 422. The summed E-state index contributed by atoms with van der Waals surface area (Å²) in [6.07, 6.45) is 0.748. The fourth-order valence-corrected chi connectivity index (χ4v) is 2.31. The lowest BCUT2D eigenvalue weighted by Gasteiger charge is -2.13. The van der Waals surface area contributed by atoms with Gasteiger partial charge in [-0.05, 0) is 18.1 Å². The largest absolute Gasteiger partial charge is 0.294 e. The highest BCUT2D eigenvalue weighted by atomic mass is 35.5. The van der Waals surface area contributed by atoms with E-state index in [0.717, 1.165) is 12.0 Å². The van der Waals surface area contributed by atoms with Gasteiger partial charge in [0.1, 0.15) is 0 Å². The molecule has 0 saturated carbocycles. The molecule has 0 atom stereocenters. The van der Waals surface area contributed by atoms with Gasteiger partial charge in [0.15, 0.2) is 5.78 Å². The molecule has 0 bridgehead atoms. The first-order valence-electron chi connectivity index (χ1n) is 4.45. The zero-order chi connectivity index (χ0) is 10.5. The molecule has 0 amide bonds. The van der Waals surface area contributed by atoms with E-state index in [4.69, 9.17) is 23.2 Å². The quantitative estimate of drug-likeness (QED) is 0.661. The second-order valence-electron chi connectivity index (χ2n) is 4.29. The summed E-state index contributed by atoms with van der Waals surface area (Å²) in [7, 11) is 0. The van der Waals surface area contributed by atoms with Crippen molar-refractivity contribution in [2.24, 2.45) is 5.41 Å². The minimum absolute atomic E-state index is 0.0972. The number of hydrogen-bond donors (Lipinski definition) is 0. The summed E-state index contributed by atoms with van der Waals surface area (Å²) >= 11 is 11.9. The van der Waals surface area contributed by atoms with E-state index in [0.29, 0.717) is 15.6 Å². The zero-order valence-electron chi connectivity index (χ0n) is 8.03. The van der Waals surface area contributed by atoms with E-state index < -0.39 is 0 Å². The molecule has 0 unspecified atom stereocenters. The first-order chi connectivity index (χ1) is 6.43. The van der Waals surface area contributed by atoms with Gasteiger partial charge >= 0.3 is 0 Å². The van der Waals surface area contributed by atoms with Crippen LogP contribution in [0.25, 0.3) is 0 Å². The molecule has 0 spiro atoms. The molecule has 1 nitrogen and oxygen atoms in total. The van der Waals surface area contributed by atoms with E-state index in [-0.39, 0.29) is 11.2 Å². The molecule has 0 aliphatic heterocycles. The summed E-state index contributed by atoms with van der Waals surface area (Å²) in [5, 5.41) is 0.858. The predicted octanol–water partition coefficient (Wildman–Crippen LogP) is 3.76. The molecular weight excluding hydrogens is 219 g/mol. The average molecular weight is 229 g/mol. The Hall–Kier alpha value is -0.530. The standard InChI is InChI=1S/C11H10Cl2O/c1-11(2)5-6-3-4-7(12)9(13)8(6)10(11)14/h3-4H,5H2,1-2H3. The van der Waals surface area contributed by atoms with E-state index >= 15 is 0 Å². The Morgan fingerprint density at radius 2 is 1.93 bits per heavy atom. The summed E-state index contributed by atoms with van der Waals surface area (Å²) in [4.78, 5) is 11.9. The third-order valence-corrected chi connectivity index (χ3v) is 3.46. The van der Waals surface area contributed by atoms with Crippen LogP contribution in [0.15, 0.2) is 12.1 Å². The van der Waals surface area contributed by atoms with Crippen LogP contribution < -0.4 is 0 Å². The first-order valence-corrected chi connectivity index (χ1v) is 5.21. The highest BCUT2D eigenvalue weighted by Crippen LogP contribution is 2.41. The van der Waals surface area contributed by atoms with Crippen LogP contribution in [-0.4, -0.2) is 5.78 Å². The Balaban J connectivity index is 2.67. The number of halogens is 2. The summed E-state index contributed by atoms with van der Waals surface area (Å²) in [6.45, 7) is 3.86. The van der Waals surface area contributed by atoms with Crippen LogP contribution >= 0.6 is 23.2 Å². The van der Waals surface area contributed by atoms with Crippen molar-refractivity contribution in [3.63, 3.8) is 0 Å². The van der Waals surface area contributed by atoms with Gasteiger partial charge in [0.25, 0.3) is 0 Å². The van der Waals surface area contributed by atoms with Crippen molar-refractivity contribution >= 4 is 29.0 Å². The van der Waals surface area contributed by atoms with Crippen LogP contribution in [-0.2, 0) is 6.42 Å². The maximum Gasteiger partial charge on any atom is 0.170 e. The second kappa shape index (κ2) is 2.98. The van der Waals surface area contributed by atoms with Crippen molar-refractivity contribution in [3.8, 4) is 0 Å². The topological polar surface area (TPSA) is 17.1 Å². The number of fused-ring (bicyclic) bond motifs is 1. The van der Waals surface area contributed by atoms with E-state index in [1.807, 2.05) is 19.9 Å². The third-order valence-electron chi connectivity index (χ3n) is 2.66. The van der Waals surface area contributed by atoms with E-state index in [1.165, 1.54) is 0 Å². The van der Waals surface area contributed by atoms with Gasteiger partial charge in [-0.1, -0.05) is 43.1 Å². The summed E-state index contributed by atoms with van der Waals surface area (Å²) in [5.41, 5.74) is 1.29. The van der Waals surface area contributed by atoms with Gasteiger partial charge < -0.3 is 0 Å². The van der Waals surface area contributed by atoms with Crippen molar-refractivity contribution in [3.05, 3.63) is 33.3 Å². The number of ketones is 1. The Labute approximate surface area is 93.0 Å².